The first kappa shape index (κ1) is 12.2. The topological polar surface area (TPSA) is 17.1 Å². The summed E-state index contributed by atoms with van der Waals surface area (Å²) in [6.07, 6.45) is 9.14. The van der Waals surface area contributed by atoms with Gasteiger partial charge in [-0.3, -0.25) is 4.79 Å². The summed E-state index contributed by atoms with van der Waals surface area (Å²) in [7, 11) is 0. The van der Waals surface area contributed by atoms with E-state index in [1.165, 1.54) is 31.3 Å². The van der Waals surface area contributed by atoms with E-state index in [-0.39, 0.29) is 5.38 Å². The Balaban J connectivity index is 2.16. The van der Waals surface area contributed by atoms with Gasteiger partial charge in [-0.05, 0) is 55.9 Å². The molecule has 0 N–H and O–H groups in total. The van der Waals surface area contributed by atoms with E-state index in [1.54, 1.807) is 0 Å². The summed E-state index contributed by atoms with van der Waals surface area (Å²) in [5, 5.41) is 0.256. The molecule has 2 aliphatic rings. The molecule has 3 atom stereocenters. The summed E-state index contributed by atoms with van der Waals surface area (Å²) in [5.74, 6) is 1.24. The lowest BCUT2D eigenvalue weighted by molar-refractivity contribution is -0.105. The Hall–Kier alpha value is -0.300. The minimum absolute atomic E-state index is 0.256. The molecule has 3 unspecified atom stereocenters. The van der Waals surface area contributed by atoms with Gasteiger partial charge in [-0.15, -0.1) is 11.6 Å². The molecule has 16 heavy (non-hydrogen) atoms. The molecule has 0 heterocycles. The fourth-order valence-corrected chi connectivity index (χ4v) is 3.80. The number of alkyl halides is 1. The second kappa shape index (κ2) is 5.35. The molecule has 0 aromatic heterocycles. The molecule has 2 heteroatoms. The maximum absolute atomic E-state index is 11.1. The van der Waals surface area contributed by atoms with Crippen LogP contribution < -0.4 is 0 Å². The number of hydrogen-bond donors (Lipinski definition) is 0. The Morgan fingerprint density at radius 2 is 2.00 bits per heavy atom. The summed E-state index contributed by atoms with van der Waals surface area (Å²) in [4.78, 5) is 11.1. The maximum Gasteiger partial charge on any atom is 0.145 e. The Bertz CT molecular complexity index is 295. The van der Waals surface area contributed by atoms with Crippen molar-refractivity contribution in [1.82, 2.24) is 0 Å². The van der Waals surface area contributed by atoms with E-state index in [9.17, 15) is 4.79 Å². The van der Waals surface area contributed by atoms with E-state index >= 15 is 0 Å². The van der Waals surface area contributed by atoms with E-state index in [0.717, 1.165) is 37.0 Å². The third-order valence-corrected chi connectivity index (χ3v) is 4.66. The largest absolute Gasteiger partial charge is 0.298 e. The molecule has 2 rings (SSSR count). The molecule has 0 amide bonds. The summed E-state index contributed by atoms with van der Waals surface area (Å²) in [6.45, 7) is 2.28. The van der Waals surface area contributed by atoms with Crippen LogP contribution in [0.2, 0.25) is 0 Å². The van der Waals surface area contributed by atoms with Gasteiger partial charge in [-0.1, -0.05) is 18.9 Å². The van der Waals surface area contributed by atoms with Crippen molar-refractivity contribution in [2.45, 2.75) is 57.2 Å². The highest BCUT2D eigenvalue weighted by molar-refractivity contribution is 6.21. The molecule has 0 radical (unpaired) electrons. The Labute approximate surface area is 103 Å². The van der Waals surface area contributed by atoms with Crippen LogP contribution in [0.4, 0.5) is 0 Å². The van der Waals surface area contributed by atoms with Crippen LogP contribution >= 0.6 is 11.6 Å². The zero-order valence-electron chi connectivity index (χ0n) is 10.0. The van der Waals surface area contributed by atoms with Crippen molar-refractivity contribution in [2.24, 2.45) is 11.8 Å². The fraction of sp³-hybridized carbons (Fsp3) is 0.786. The molecule has 0 aliphatic heterocycles. The molecule has 0 aromatic rings. The number of halogens is 1. The van der Waals surface area contributed by atoms with E-state index in [1.807, 2.05) is 0 Å². The van der Waals surface area contributed by atoms with Gasteiger partial charge in [0.25, 0.3) is 0 Å². The minimum atomic E-state index is 0.256. The first-order valence-electron chi connectivity index (χ1n) is 6.53. The third kappa shape index (κ3) is 2.51. The average Bonchev–Trinajstić information content (AvgIpc) is 2.29. The van der Waals surface area contributed by atoms with Gasteiger partial charge in [-0.25, -0.2) is 0 Å². The zero-order valence-corrected chi connectivity index (χ0v) is 10.8. The first-order valence-corrected chi connectivity index (χ1v) is 6.97. The second-order valence-electron chi connectivity index (χ2n) is 5.42. The van der Waals surface area contributed by atoms with Crippen molar-refractivity contribution >= 4 is 17.9 Å². The zero-order chi connectivity index (χ0) is 11.5. The Morgan fingerprint density at radius 3 is 2.69 bits per heavy atom. The standard InChI is InChI=1S/C14H21ClO/c1-10-6-7-13(14(15)8-10)12-5-3-2-4-11(12)9-16/h9-10,13-14H,2-8H2,1H3. The molecule has 0 aromatic carbocycles. The summed E-state index contributed by atoms with van der Waals surface area (Å²) >= 11 is 6.48. The lowest BCUT2D eigenvalue weighted by Gasteiger charge is -2.35. The van der Waals surface area contributed by atoms with Crippen molar-refractivity contribution in [2.75, 3.05) is 0 Å². The monoisotopic (exact) mass is 240 g/mol. The fourth-order valence-electron chi connectivity index (χ4n) is 3.21. The quantitative estimate of drug-likeness (QED) is 0.525. The Morgan fingerprint density at radius 1 is 1.25 bits per heavy atom. The molecule has 0 bridgehead atoms. The van der Waals surface area contributed by atoms with E-state index < -0.39 is 0 Å². The summed E-state index contributed by atoms with van der Waals surface area (Å²) < 4.78 is 0. The summed E-state index contributed by atoms with van der Waals surface area (Å²) in [5.41, 5.74) is 2.46. The van der Waals surface area contributed by atoms with Crippen molar-refractivity contribution in [3.05, 3.63) is 11.1 Å². The maximum atomic E-state index is 11.1. The highest BCUT2D eigenvalue weighted by Crippen LogP contribution is 2.41. The number of aldehydes is 1. The third-order valence-electron chi connectivity index (χ3n) is 4.18. The number of hydrogen-bond acceptors (Lipinski definition) is 1. The minimum Gasteiger partial charge on any atom is -0.298 e. The van der Waals surface area contributed by atoms with Gasteiger partial charge in [0.05, 0.1) is 0 Å². The summed E-state index contributed by atoms with van der Waals surface area (Å²) in [6, 6.07) is 0. The molecule has 1 fully saturated rings. The molecule has 2 aliphatic carbocycles. The SMILES string of the molecule is CC1CCC(C2=C(C=O)CCCC2)C(Cl)C1. The molecule has 90 valence electrons. The van der Waals surface area contributed by atoms with Gasteiger partial charge in [-0.2, -0.15) is 0 Å². The lowest BCUT2D eigenvalue weighted by atomic mass is 9.74. The number of carbonyl (C=O) groups is 1. The number of rotatable bonds is 2. The number of allylic oxidation sites excluding steroid dienone is 2. The average molecular weight is 241 g/mol. The van der Waals surface area contributed by atoms with Crippen molar-refractivity contribution < 1.29 is 4.79 Å². The van der Waals surface area contributed by atoms with Crippen molar-refractivity contribution in [3.63, 3.8) is 0 Å². The van der Waals surface area contributed by atoms with Gasteiger partial charge < -0.3 is 0 Å². The predicted molar refractivity (Wildman–Crippen MR) is 67.7 cm³/mol. The predicted octanol–water partition coefficient (Wildman–Crippen LogP) is 4.10. The van der Waals surface area contributed by atoms with E-state index in [4.69, 9.17) is 11.6 Å². The van der Waals surface area contributed by atoms with Crippen LogP contribution in [0.3, 0.4) is 0 Å². The normalized spacial score (nSPS) is 36.2. The van der Waals surface area contributed by atoms with Crippen LogP contribution in [-0.2, 0) is 4.79 Å². The number of carbonyl (C=O) groups excluding carboxylic acids is 1. The Kier molecular flexibility index (Phi) is 4.07. The second-order valence-corrected chi connectivity index (χ2v) is 5.98. The van der Waals surface area contributed by atoms with Gasteiger partial charge in [0.1, 0.15) is 6.29 Å². The van der Waals surface area contributed by atoms with Crippen LogP contribution in [0, 0.1) is 11.8 Å². The van der Waals surface area contributed by atoms with E-state index in [2.05, 4.69) is 6.92 Å². The molecule has 0 spiro atoms. The van der Waals surface area contributed by atoms with Crippen LogP contribution in [0.15, 0.2) is 11.1 Å². The molecule has 0 saturated heterocycles. The lowest BCUT2D eigenvalue weighted by Crippen LogP contribution is -2.27. The van der Waals surface area contributed by atoms with Crippen LogP contribution in [0.25, 0.3) is 0 Å². The van der Waals surface area contributed by atoms with Crippen LogP contribution in [0.5, 0.6) is 0 Å². The van der Waals surface area contributed by atoms with Gasteiger partial charge in [0, 0.05) is 5.38 Å². The van der Waals surface area contributed by atoms with Crippen molar-refractivity contribution in [1.29, 1.82) is 0 Å². The highest BCUT2D eigenvalue weighted by atomic mass is 35.5. The smallest absolute Gasteiger partial charge is 0.145 e. The first-order chi connectivity index (χ1) is 7.72. The van der Waals surface area contributed by atoms with Gasteiger partial charge in [0.15, 0.2) is 0 Å². The van der Waals surface area contributed by atoms with Gasteiger partial charge >= 0.3 is 0 Å². The van der Waals surface area contributed by atoms with Gasteiger partial charge in [0.2, 0.25) is 0 Å². The molecular weight excluding hydrogens is 220 g/mol. The molecule has 1 nitrogen and oxygen atoms in total. The van der Waals surface area contributed by atoms with E-state index in [0.29, 0.717) is 5.92 Å². The van der Waals surface area contributed by atoms with Crippen LogP contribution in [-0.4, -0.2) is 11.7 Å². The molecular formula is C14H21ClO. The van der Waals surface area contributed by atoms with Crippen LogP contribution in [0.1, 0.15) is 51.9 Å². The van der Waals surface area contributed by atoms with Crippen molar-refractivity contribution in [3.8, 4) is 0 Å². The molecule has 1 saturated carbocycles. The highest BCUT2D eigenvalue weighted by Gasteiger charge is 2.31.